The standard InChI is InChI=1S/C14H23N3O2S/c1-5-15-13-9-11(8-12(17-13)10(2)3)14(18)16-6-7-20(4)19/h8-10H,5-7H2,1-4H3,(H,15,17)(H,16,18). The summed E-state index contributed by atoms with van der Waals surface area (Å²) in [5.41, 5.74) is 1.47. The Morgan fingerprint density at radius 2 is 2.10 bits per heavy atom. The summed E-state index contributed by atoms with van der Waals surface area (Å²) in [5, 5.41) is 5.91. The van der Waals surface area contributed by atoms with Gasteiger partial charge in [0.05, 0.1) is 0 Å². The molecule has 6 heteroatoms. The average Bonchev–Trinajstić information content (AvgIpc) is 2.38. The van der Waals surface area contributed by atoms with Crippen molar-refractivity contribution in [1.29, 1.82) is 0 Å². The molecule has 5 nitrogen and oxygen atoms in total. The summed E-state index contributed by atoms with van der Waals surface area (Å²) in [7, 11) is -0.897. The fourth-order valence-electron chi connectivity index (χ4n) is 1.66. The van der Waals surface area contributed by atoms with Crippen molar-refractivity contribution in [3.8, 4) is 0 Å². The van der Waals surface area contributed by atoms with Gasteiger partial charge in [-0.25, -0.2) is 4.98 Å². The second kappa shape index (κ2) is 7.99. The van der Waals surface area contributed by atoms with Crippen molar-refractivity contribution in [2.45, 2.75) is 26.7 Å². The first kappa shape index (κ1) is 16.6. The second-order valence-electron chi connectivity index (χ2n) is 4.88. The van der Waals surface area contributed by atoms with Crippen molar-refractivity contribution in [2.75, 3.05) is 30.4 Å². The van der Waals surface area contributed by atoms with E-state index >= 15 is 0 Å². The summed E-state index contributed by atoms with van der Waals surface area (Å²) in [4.78, 5) is 16.6. The fraction of sp³-hybridized carbons (Fsp3) is 0.571. The van der Waals surface area contributed by atoms with Crippen LogP contribution in [-0.4, -0.2) is 40.2 Å². The smallest absolute Gasteiger partial charge is 0.251 e. The van der Waals surface area contributed by atoms with Crippen LogP contribution in [0.4, 0.5) is 5.82 Å². The Morgan fingerprint density at radius 1 is 1.40 bits per heavy atom. The van der Waals surface area contributed by atoms with Crippen LogP contribution in [0.1, 0.15) is 42.7 Å². The van der Waals surface area contributed by atoms with Crippen LogP contribution in [0.3, 0.4) is 0 Å². The maximum absolute atomic E-state index is 12.1. The van der Waals surface area contributed by atoms with Gasteiger partial charge in [-0.05, 0) is 25.0 Å². The first-order valence-corrected chi connectivity index (χ1v) is 8.50. The SMILES string of the molecule is CCNc1cc(C(=O)NCCS(C)=O)cc(C(C)C)n1. The Morgan fingerprint density at radius 3 is 2.65 bits per heavy atom. The maximum atomic E-state index is 12.1. The van der Waals surface area contributed by atoms with E-state index in [2.05, 4.69) is 15.6 Å². The van der Waals surface area contributed by atoms with E-state index in [1.54, 1.807) is 12.3 Å². The Labute approximate surface area is 123 Å². The van der Waals surface area contributed by atoms with Crippen molar-refractivity contribution in [3.63, 3.8) is 0 Å². The Hall–Kier alpha value is -1.43. The number of nitrogens with one attached hydrogen (secondary N) is 2. The number of hydrogen-bond acceptors (Lipinski definition) is 4. The number of rotatable bonds is 7. The van der Waals surface area contributed by atoms with Gasteiger partial charge in [0.15, 0.2) is 0 Å². The van der Waals surface area contributed by atoms with E-state index in [1.165, 1.54) is 0 Å². The van der Waals surface area contributed by atoms with Crippen molar-refractivity contribution < 1.29 is 9.00 Å². The molecule has 2 N–H and O–H groups in total. The second-order valence-corrected chi connectivity index (χ2v) is 6.44. The van der Waals surface area contributed by atoms with Crippen LogP contribution in [-0.2, 0) is 10.8 Å². The molecule has 0 bridgehead atoms. The highest BCUT2D eigenvalue weighted by atomic mass is 32.2. The molecule has 0 aromatic carbocycles. The Balaban J connectivity index is 2.86. The quantitative estimate of drug-likeness (QED) is 0.804. The normalized spacial score (nSPS) is 12.2. The third-order valence-corrected chi connectivity index (χ3v) is 3.51. The first-order chi connectivity index (χ1) is 9.43. The largest absolute Gasteiger partial charge is 0.370 e. The summed E-state index contributed by atoms with van der Waals surface area (Å²) in [5.74, 6) is 1.28. The lowest BCUT2D eigenvalue weighted by molar-refractivity contribution is 0.0956. The van der Waals surface area contributed by atoms with Crippen molar-refractivity contribution in [2.24, 2.45) is 0 Å². The third kappa shape index (κ3) is 5.28. The molecular weight excluding hydrogens is 274 g/mol. The molecule has 0 saturated carbocycles. The average molecular weight is 297 g/mol. The topological polar surface area (TPSA) is 71.1 Å². The van der Waals surface area contributed by atoms with Crippen LogP contribution < -0.4 is 10.6 Å². The van der Waals surface area contributed by atoms with E-state index in [0.29, 0.717) is 23.7 Å². The minimum Gasteiger partial charge on any atom is -0.370 e. The van der Waals surface area contributed by atoms with E-state index in [1.807, 2.05) is 26.8 Å². The molecule has 0 aliphatic rings. The lowest BCUT2D eigenvalue weighted by atomic mass is 10.1. The highest BCUT2D eigenvalue weighted by Gasteiger charge is 2.11. The highest BCUT2D eigenvalue weighted by Crippen LogP contribution is 2.17. The molecule has 1 rings (SSSR count). The molecule has 1 aromatic heterocycles. The molecule has 112 valence electrons. The number of pyridine rings is 1. The summed E-state index contributed by atoms with van der Waals surface area (Å²) in [6.45, 7) is 7.24. The molecule has 1 amide bonds. The van der Waals surface area contributed by atoms with E-state index in [9.17, 15) is 9.00 Å². The number of anilines is 1. The van der Waals surface area contributed by atoms with Crippen LogP contribution in [0, 0.1) is 0 Å². The van der Waals surface area contributed by atoms with Gasteiger partial charge in [-0.3, -0.25) is 9.00 Å². The molecule has 0 aliphatic heterocycles. The van der Waals surface area contributed by atoms with Crippen LogP contribution >= 0.6 is 0 Å². The van der Waals surface area contributed by atoms with E-state index in [0.717, 1.165) is 12.2 Å². The minimum absolute atomic E-state index is 0.154. The molecule has 1 heterocycles. The van der Waals surface area contributed by atoms with Gasteiger partial charge in [0.1, 0.15) is 5.82 Å². The first-order valence-electron chi connectivity index (χ1n) is 6.78. The highest BCUT2D eigenvalue weighted by molar-refractivity contribution is 7.84. The molecule has 1 atom stereocenters. The predicted octanol–water partition coefficient (Wildman–Crippen LogP) is 1.75. The van der Waals surface area contributed by atoms with Gasteiger partial charge in [0, 0.05) is 47.2 Å². The zero-order valence-electron chi connectivity index (χ0n) is 12.5. The van der Waals surface area contributed by atoms with Gasteiger partial charge in [-0.15, -0.1) is 0 Å². The summed E-state index contributed by atoms with van der Waals surface area (Å²) in [6, 6.07) is 3.55. The molecule has 0 spiro atoms. The van der Waals surface area contributed by atoms with E-state index in [-0.39, 0.29) is 11.8 Å². The third-order valence-electron chi connectivity index (χ3n) is 2.73. The van der Waals surface area contributed by atoms with Crippen molar-refractivity contribution >= 4 is 22.5 Å². The number of carbonyl (C=O) groups is 1. The van der Waals surface area contributed by atoms with Gasteiger partial charge in [-0.2, -0.15) is 0 Å². The van der Waals surface area contributed by atoms with Crippen LogP contribution in [0.25, 0.3) is 0 Å². The van der Waals surface area contributed by atoms with Gasteiger partial charge >= 0.3 is 0 Å². The summed E-state index contributed by atoms with van der Waals surface area (Å²) < 4.78 is 11.0. The molecule has 20 heavy (non-hydrogen) atoms. The van der Waals surface area contributed by atoms with Crippen molar-refractivity contribution in [3.05, 3.63) is 23.4 Å². The van der Waals surface area contributed by atoms with Gasteiger partial charge in [0.2, 0.25) is 0 Å². The summed E-state index contributed by atoms with van der Waals surface area (Å²) >= 11 is 0. The van der Waals surface area contributed by atoms with Gasteiger partial charge in [-0.1, -0.05) is 13.8 Å². The van der Waals surface area contributed by atoms with E-state index < -0.39 is 10.8 Å². The number of hydrogen-bond donors (Lipinski definition) is 2. The fourth-order valence-corrected chi connectivity index (χ4v) is 2.05. The lowest BCUT2D eigenvalue weighted by Crippen LogP contribution is -2.27. The van der Waals surface area contributed by atoms with Crippen LogP contribution in [0.2, 0.25) is 0 Å². The molecule has 0 saturated heterocycles. The number of carbonyl (C=O) groups excluding carboxylic acids is 1. The molecular formula is C14H23N3O2S. The monoisotopic (exact) mass is 297 g/mol. The number of nitrogens with zero attached hydrogens (tertiary/aromatic N) is 1. The maximum Gasteiger partial charge on any atom is 0.251 e. The predicted molar refractivity (Wildman–Crippen MR) is 83.8 cm³/mol. The molecule has 0 fully saturated rings. The van der Waals surface area contributed by atoms with Crippen LogP contribution in [0.15, 0.2) is 12.1 Å². The zero-order chi connectivity index (χ0) is 15.1. The summed E-state index contributed by atoms with van der Waals surface area (Å²) in [6.07, 6.45) is 1.62. The number of amides is 1. The minimum atomic E-state index is -0.897. The van der Waals surface area contributed by atoms with E-state index in [4.69, 9.17) is 0 Å². The van der Waals surface area contributed by atoms with Crippen molar-refractivity contribution in [1.82, 2.24) is 10.3 Å². The lowest BCUT2D eigenvalue weighted by Gasteiger charge is -2.12. The Bertz CT molecular complexity index is 489. The Kier molecular flexibility index (Phi) is 6.64. The molecule has 1 unspecified atom stereocenters. The van der Waals surface area contributed by atoms with Crippen LogP contribution in [0.5, 0.6) is 0 Å². The number of aromatic nitrogens is 1. The van der Waals surface area contributed by atoms with Gasteiger partial charge < -0.3 is 10.6 Å². The van der Waals surface area contributed by atoms with Gasteiger partial charge in [0.25, 0.3) is 5.91 Å². The molecule has 1 aromatic rings. The molecule has 0 aliphatic carbocycles. The zero-order valence-corrected chi connectivity index (χ0v) is 13.3. The molecule has 0 radical (unpaired) electrons.